The summed E-state index contributed by atoms with van der Waals surface area (Å²) in [6.45, 7) is 2.02. The van der Waals surface area contributed by atoms with Gasteiger partial charge in [0.1, 0.15) is 11.6 Å². The third-order valence-electron chi connectivity index (χ3n) is 5.04. The summed E-state index contributed by atoms with van der Waals surface area (Å²) in [6.07, 6.45) is 3.76. The lowest BCUT2D eigenvalue weighted by molar-refractivity contribution is 0.470. The van der Waals surface area contributed by atoms with Gasteiger partial charge in [0, 0.05) is 43.0 Å². The lowest BCUT2D eigenvalue weighted by Gasteiger charge is -2.17. The fraction of sp³-hybridized carbons (Fsp3) is 0.250. The Morgan fingerprint density at radius 3 is 2.66 bits per heavy atom. The Bertz CT molecular complexity index is 1210. The summed E-state index contributed by atoms with van der Waals surface area (Å²) < 4.78 is 40.7. The Morgan fingerprint density at radius 2 is 1.93 bits per heavy atom. The van der Waals surface area contributed by atoms with Crippen LogP contribution in [0.3, 0.4) is 0 Å². The highest BCUT2D eigenvalue weighted by atomic mass is 32.2. The number of nitrogens with zero attached hydrogens (tertiary/aromatic N) is 3. The van der Waals surface area contributed by atoms with Crippen LogP contribution < -0.4 is 5.56 Å². The number of pyridine rings is 1. The second-order valence-corrected chi connectivity index (χ2v) is 8.95. The van der Waals surface area contributed by atoms with Gasteiger partial charge < -0.3 is 4.98 Å². The number of sulfonamides is 1. The lowest BCUT2D eigenvalue weighted by Crippen LogP contribution is -2.29. The number of nitrogens with one attached hydrogen (secondary N) is 1. The van der Waals surface area contributed by atoms with Gasteiger partial charge in [0.25, 0.3) is 5.56 Å². The number of aromatic amines is 1. The fourth-order valence-electron chi connectivity index (χ4n) is 3.44. The molecule has 150 valence electrons. The predicted octanol–water partition coefficient (Wildman–Crippen LogP) is 2.46. The molecule has 9 heteroatoms. The van der Waals surface area contributed by atoms with E-state index in [0.717, 1.165) is 11.6 Å². The second-order valence-electron chi connectivity index (χ2n) is 7.01. The number of halogens is 1. The minimum absolute atomic E-state index is 0.0593. The molecule has 4 rings (SSSR count). The van der Waals surface area contributed by atoms with Crippen LogP contribution in [0.5, 0.6) is 0 Å². The molecule has 0 bridgehead atoms. The van der Waals surface area contributed by atoms with Crippen molar-refractivity contribution in [1.82, 2.24) is 19.3 Å². The molecule has 1 aromatic carbocycles. The van der Waals surface area contributed by atoms with Gasteiger partial charge in [-0.3, -0.25) is 9.78 Å². The molecule has 1 aliphatic rings. The number of aromatic nitrogens is 3. The molecule has 3 heterocycles. The zero-order valence-electron chi connectivity index (χ0n) is 15.7. The van der Waals surface area contributed by atoms with Crippen LogP contribution in [-0.2, 0) is 10.0 Å². The van der Waals surface area contributed by atoms with Crippen LogP contribution in [0.15, 0.2) is 58.5 Å². The van der Waals surface area contributed by atoms with Crippen LogP contribution in [-0.4, -0.2) is 40.8 Å². The average molecular weight is 414 g/mol. The zero-order chi connectivity index (χ0) is 20.6. The lowest BCUT2D eigenvalue weighted by atomic mass is 10.1. The van der Waals surface area contributed by atoms with Crippen LogP contribution in [0.25, 0.3) is 11.3 Å². The first-order chi connectivity index (χ1) is 13.8. The molecule has 0 unspecified atom stereocenters. The minimum Gasteiger partial charge on any atom is -0.310 e. The highest BCUT2D eigenvalue weighted by Crippen LogP contribution is 2.30. The van der Waals surface area contributed by atoms with Crippen LogP contribution >= 0.6 is 0 Å². The molecule has 7 nitrogen and oxygen atoms in total. The van der Waals surface area contributed by atoms with E-state index in [2.05, 4.69) is 15.0 Å². The zero-order valence-corrected chi connectivity index (χ0v) is 16.5. The Balaban J connectivity index is 1.61. The topological polar surface area (TPSA) is 96.0 Å². The smallest absolute Gasteiger partial charge is 0.251 e. The third kappa shape index (κ3) is 3.83. The molecule has 0 spiro atoms. The molecule has 1 fully saturated rings. The van der Waals surface area contributed by atoms with Crippen LogP contribution in [0.1, 0.15) is 23.7 Å². The third-order valence-corrected chi connectivity index (χ3v) is 6.90. The number of rotatable bonds is 4. The van der Waals surface area contributed by atoms with E-state index < -0.39 is 15.8 Å². The number of hydrogen-bond acceptors (Lipinski definition) is 5. The summed E-state index contributed by atoms with van der Waals surface area (Å²) in [5.41, 5.74) is 1.26. The van der Waals surface area contributed by atoms with Gasteiger partial charge in [0.05, 0.1) is 10.6 Å². The van der Waals surface area contributed by atoms with Crippen LogP contribution in [0, 0.1) is 12.7 Å². The highest BCUT2D eigenvalue weighted by Gasteiger charge is 2.34. The summed E-state index contributed by atoms with van der Waals surface area (Å²) >= 11 is 0. The maximum atomic E-state index is 13.5. The van der Waals surface area contributed by atoms with E-state index in [0.29, 0.717) is 24.5 Å². The monoisotopic (exact) mass is 414 g/mol. The van der Waals surface area contributed by atoms with Crippen molar-refractivity contribution in [3.63, 3.8) is 0 Å². The summed E-state index contributed by atoms with van der Waals surface area (Å²) in [5.74, 6) is -0.226. The molecule has 1 saturated heterocycles. The van der Waals surface area contributed by atoms with Gasteiger partial charge >= 0.3 is 0 Å². The van der Waals surface area contributed by atoms with Gasteiger partial charge in [-0.05, 0) is 49.2 Å². The molecular weight excluding hydrogens is 395 g/mol. The summed E-state index contributed by atoms with van der Waals surface area (Å²) in [7, 11) is -3.75. The molecule has 1 N–H and O–H groups in total. The standard InChI is InChI=1S/C20H19FN4O3S/c1-13-10-16(2-3-17(13)21)29(27,28)25-9-6-15(12-25)20-23-18(11-19(26)24-20)14-4-7-22-8-5-14/h2-5,7-8,10-11,15H,6,9,12H2,1H3,(H,23,24,26)/t15-/m0/s1. The molecule has 2 aromatic heterocycles. The molecule has 0 saturated carbocycles. The second kappa shape index (κ2) is 7.49. The van der Waals surface area contributed by atoms with Crippen molar-refractivity contribution in [2.45, 2.75) is 24.2 Å². The largest absolute Gasteiger partial charge is 0.310 e. The van der Waals surface area contributed by atoms with Gasteiger partial charge in [0.2, 0.25) is 10.0 Å². The van der Waals surface area contributed by atoms with Crippen molar-refractivity contribution in [3.05, 3.63) is 76.4 Å². The van der Waals surface area contributed by atoms with E-state index in [9.17, 15) is 17.6 Å². The molecule has 0 aliphatic carbocycles. The van der Waals surface area contributed by atoms with E-state index in [1.807, 2.05) is 0 Å². The first kappa shape index (κ1) is 19.4. The maximum Gasteiger partial charge on any atom is 0.251 e. The molecular formula is C20H19FN4O3S. The van der Waals surface area contributed by atoms with Crippen LogP contribution in [0.2, 0.25) is 0 Å². The molecule has 3 aromatic rings. The van der Waals surface area contributed by atoms with E-state index in [-0.39, 0.29) is 28.5 Å². The van der Waals surface area contributed by atoms with Crippen LogP contribution in [0.4, 0.5) is 4.39 Å². The Morgan fingerprint density at radius 1 is 1.17 bits per heavy atom. The summed E-state index contributed by atoms with van der Waals surface area (Å²) in [6, 6.07) is 8.69. The van der Waals surface area contributed by atoms with E-state index in [1.54, 1.807) is 24.5 Å². The number of aryl methyl sites for hydroxylation is 1. The Labute approximate surface area is 167 Å². The Hall–Kier alpha value is -2.91. The van der Waals surface area contributed by atoms with Crippen molar-refractivity contribution in [1.29, 1.82) is 0 Å². The minimum atomic E-state index is -3.75. The van der Waals surface area contributed by atoms with Crippen molar-refractivity contribution >= 4 is 10.0 Å². The highest BCUT2D eigenvalue weighted by molar-refractivity contribution is 7.89. The van der Waals surface area contributed by atoms with Crippen molar-refractivity contribution in [3.8, 4) is 11.3 Å². The molecule has 0 amide bonds. The fourth-order valence-corrected chi connectivity index (χ4v) is 5.02. The van der Waals surface area contributed by atoms with Gasteiger partial charge in [-0.1, -0.05) is 0 Å². The first-order valence-electron chi connectivity index (χ1n) is 9.12. The summed E-state index contributed by atoms with van der Waals surface area (Å²) in [5, 5.41) is 0. The first-order valence-corrected chi connectivity index (χ1v) is 10.6. The average Bonchev–Trinajstić information content (AvgIpc) is 3.21. The number of hydrogen-bond donors (Lipinski definition) is 1. The molecule has 1 aliphatic heterocycles. The van der Waals surface area contributed by atoms with Crippen molar-refractivity contribution in [2.24, 2.45) is 0 Å². The predicted molar refractivity (Wildman–Crippen MR) is 105 cm³/mol. The van der Waals surface area contributed by atoms with Crippen molar-refractivity contribution in [2.75, 3.05) is 13.1 Å². The quantitative estimate of drug-likeness (QED) is 0.708. The SMILES string of the molecule is Cc1cc(S(=O)(=O)N2CC[C@H](c3nc(-c4ccncc4)cc(=O)[nH]3)C2)ccc1F. The normalized spacial score (nSPS) is 17.5. The molecule has 29 heavy (non-hydrogen) atoms. The number of benzene rings is 1. The summed E-state index contributed by atoms with van der Waals surface area (Å²) in [4.78, 5) is 23.4. The van der Waals surface area contributed by atoms with E-state index >= 15 is 0 Å². The molecule has 1 atom stereocenters. The maximum absolute atomic E-state index is 13.5. The molecule has 0 radical (unpaired) electrons. The van der Waals surface area contributed by atoms with Gasteiger partial charge in [0.15, 0.2) is 0 Å². The Kier molecular flexibility index (Phi) is 5.01. The van der Waals surface area contributed by atoms with E-state index in [4.69, 9.17) is 0 Å². The number of H-pyrrole nitrogens is 1. The van der Waals surface area contributed by atoms with Gasteiger partial charge in [-0.15, -0.1) is 0 Å². The van der Waals surface area contributed by atoms with Gasteiger partial charge in [-0.25, -0.2) is 17.8 Å². The van der Waals surface area contributed by atoms with Crippen molar-refractivity contribution < 1.29 is 12.8 Å². The van der Waals surface area contributed by atoms with E-state index in [1.165, 1.54) is 29.4 Å². The van der Waals surface area contributed by atoms with Gasteiger partial charge in [-0.2, -0.15) is 4.31 Å².